The van der Waals surface area contributed by atoms with Crippen molar-refractivity contribution in [1.29, 1.82) is 0 Å². The Bertz CT molecular complexity index is 42.8. The molecule has 0 fully saturated rings. The van der Waals surface area contributed by atoms with Crippen molar-refractivity contribution in [3.63, 3.8) is 0 Å². The van der Waals surface area contributed by atoms with Gasteiger partial charge in [0, 0.05) is 0 Å². The normalized spacial score (nSPS) is 13.7. The molecule has 6 heavy (non-hydrogen) atoms. The zero-order valence-corrected chi connectivity index (χ0v) is 3.33. The van der Waals surface area contributed by atoms with E-state index < -0.39 is 6.10 Å². The molecule has 0 aliphatic carbocycles. The third kappa shape index (κ3) is 1.93. The molecular formula is C4H7O2. The van der Waals surface area contributed by atoms with Crippen LogP contribution in [-0.4, -0.2) is 16.3 Å². The summed E-state index contributed by atoms with van der Waals surface area (Å²) in [4.78, 5) is 0. The van der Waals surface area contributed by atoms with Crippen LogP contribution in [0.25, 0.3) is 0 Å². The number of rotatable bonds is 2. The van der Waals surface area contributed by atoms with E-state index in [1.165, 1.54) is 6.08 Å². The van der Waals surface area contributed by atoms with Crippen LogP contribution in [0.1, 0.15) is 0 Å². The first-order chi connectivity index (χ1) is 2.81. The Labute approximate surface area is 36.7 Å². The highest BCUT2D eigenvalue weighted by molar-refractivity contribution is 4.82. The molecule has 35 valence electrons. The minimum atomic E-state index is -0.870. The van der Waals surface area contributed by atoms with Gasteiger partial charge in [0.1, 0.15) is 12.7 Å². The largest absolute Gasteiger partial charge is 0.387 e. The van der Waals surface area contributed by atoms with Crippen molar-refractivity contribution in [1.82, 2.24) is 0 Å². The topological polar surface area (TPSA) is 40.5 Å². The van der Waals surface area contributed by atoms with Crippen molar-refractivity contribution in [2.75, 3.05) is 0 Å². The fraction of sp³-hybridized carbons (Fsp3) is 0.250. The predicted octanol–water partition coefficient (Wildman–Crippen LogP) is 0.0676. The maximum absolute atomic E-state index is 8.24. The highest BCUT2D eigenvalue weighted by Gasteiger charge is 1.89. The van der Waals surface area contributed by atoms with Crippen molar-refractivity contribution in [3.05, 3.63) is 19.3 Å². The molecule has 0 amide bonds. The quantitative estimate of drug-likeness (QED) is 0.468. The van der Waals surface area contributed by atoms with Crippen LogP contribution in [0.4, 0.5) is 0 Å². The molecule has 0 aromatic rings. The number of hydrogen-bond acceptors (Lipinski definition) is 2. The Kier molecular flexibility index (Phi) is 2.71. The molecule has 0 rings (SSSR count). The molecule has 1 radical (unpaired) electrons. The Morgan fingerprint density at radius 3 is 2.17 bits per heavy atom. The van der Waals surface area contributed by atoms with Gasteiger partial charge in [0.15, 0.2) is 0 Å². The third-order valence-corrected chi connectivity index (χ3v) is 0.394. The molecule has 0 aliphatic heterocycles. The number of hydrogen-bond donors (Lipinski definition) is 2. The lowest BCUT2D eigenvalue weighted by atomic mass is 10.4. The maximum Gasteiger partial charge on any atom is 0.112 e. The van der Waals surface area contributed by atoms with E-state index in [-0.39, 0.29) is 0 Å². The van der Waals surface area contributed by atoms with E-state index in [0.717, 1.165) is 0 Å². The second kappa shape index (κ2) is 2.87. The number of aliphatic hydroxyl groups is 2. The fourth-order valence-corrected chi connectivity index (χ4v) is 0.0609. The van der Waals surface area contributed by atoms with Gasteiger partial charge in [0.2, 0.25) is 0 Å². The summed E-state index contributed by atoms with van der Waals surface area (Å²) in [5, 5.41) is 16.1. The van der Waals surface area contributed by atoms with Crippen LogP contribution >= 0.6 is 0 Å². The molecule has 0 aromatic carbocycles. The lowest BCUT2D eigenvalue weighted by Gasteiger charge is -1.91. The van der Waals surface area contributed by atoms with Gasteiger partial charge >= 0.3 is 0 Å². The molecular weight excluding hydrogens is 80.0 g/mol. The zero-order chi connectivity index (χ0) is 4.99. The second-order valence-corrected chi connectivity index (χ2v) is 0.875. The zero-order valence-electron chi connectivity index (χ0n) is 3.33. The Hall–Kier alpha value is -0.340. The monoisotopic (exact) mass is 87.0 g/mol. The van der Waals surface area contributed by atoms with Crippen molar-refractivity contribution in [2.24, 2.45) is 0 Å². The van der Waals surface area contributed by atoms with Crippen LogP contribution in [-0.2, 0) is 0 Å². The van der Waals surface area contributed by atoms with Crippen LogP contribution in [0.2, 0.25) is 0 Å². The van der Waals surface area contributed by atoms with Crippen LogP contribution in [0.3, 0.4) is 0 Å². The first-order valence-corrected chi connectivity index (χ1v) is 1.59. The summed E-state index contributed by atoms with van der Waals surface area (Å²) in [5.74, 6) is 0. The van der Waals surface area contributed by atoms with Gasteiger partial charge in [0.05, 0.1) is 0 Å². The molecule has 0 bridgehead atoms. The van der Waals surface area contributed by atoms with E-state index in [0.29, 0.717) is 6.61 Å². The molecule has 0 saturated heterocycles. The summed E-state index contributed by atoms with van der Waals surface area (Å²) in [7, 11) is 0. The van der Waals surface area contributed by atoms with E-state index in [4.69, 9.17) is 10.2 Å². The number of aliphatic hydroxyl groups excluding tert-OH is 2. The molecule has 0 aliphatic rings. The SMILES string of the molecule is C=CC(O)[CH]O. The van der Waals surface area contributed by atoms with Crippen LogP contribution < -0.4 is 0 Å². The maximum atomic E-state index is 8.24. The molecule has 2 heteroatoms. The van der Waals surface area contributed by atoms with Crippen LogP contribution in [0.5, 0.6) is 0 Å². The summed E-state index contributed by atoms with van der Waals surface area (Å²) >= 11 is 0. The van der Waals surface area contributed by atoms with E-state index in [2.05, 4.69) is 6.58 Å². The van der Waals surface area contributed by atoms with Gasteiger partial charge < -0.3 is 10.2 Å². The third-order valence-electron chi connectivity index (χ3n) is 0.394. The smallest absolute Gasteiger partial charge is 0.112 e. The van der Waals surface area contributed by atoms with Gasteiger partial charge in [0.25, 0.3) is 0 Å². The Balaban J connectivity index is 2.96. The highest BCUT2D eigenvalue weighted by Crippen LogP contribution is 1.81. The summed E-state index contributed by atoms with van der Waals surface area (Å²) < 4.78 is 0. The van der Waals surface area contributed by atoms with E-state index >= 15 is 0 Å². The van der Waals surface area contributed by atoms with Gasteiger partial charge in [-0.1, -0.05) is 6.08 Å². The van der Waals surface area contributed by atoms with E-state index in [1.54, 1.807) is 0 Å². The van der Waals surface area contributed by atoms with Crippen molar-refractivity contribution < 1.29 is 10.2 Å². The van der Waals surface area contributed by atoms with E-state index in [9.17, 15) is 0 Å². The summed E-state index contributed by atoms with van der Waals surface area (Å²) in [5.41, 5.74) is 0. The molecule has 1 unspecified atom stereocenters. The lowest BCUT2D eigenvalue weighted by Crippen LogP contribution is -1.99. The van der Waals surface area contributed by atoms with Crippen molar-refractivity contribution in [2.45, 2.75) is 6.10 Å². The molecule has 0 aromatic heterocycles. The minimum absolute atomic E-state index is 0.660. The first kappa shape index (κ1) is 5.66. The molecule has 2 N–H and O–H groups in total. The van der Waals surface area contributed by atoms with Gasteiger partial charge in [-0.05, 0) is 0 Å². The summed E-state index contributed by atoms with van der Waals surface area (Å²) in [6, 6.07) is 0. The molecule has 0 heterocycles. The van der Waals surface area contributed by atoms with E-state index in [1.807, 2.05) is 0 Å². The van der Waals surface area contributed by atoms with Gasteiger partial charge in [-0.25, -0.2) is 0 Å². The minimum Gasteiger partial charge on any atom is -0.387 e. The van der Waals surface area contributed by atoms with Gasteiger partial charge in [-0.3, -0.25) is 0 Å². The molecule has 0 spiro atoms. The molecule has 1 atom stereocenters. The average molecular weight is 87.1 g/mol. The van der Waals surface area contributed by atoms with Crippen molar-refractivity contribution >= 4 is 0 Å². The van der Waals surface area contributed by atoms with Crippen LogP contribution in [0, 0.1) is 6.61 Å². The van der Waals surface area contributed by atoms with Crippen LogP contribution in [0.15, 0.2) is 12.7 Å². The Morgan fingerprint density at radius 2 is 2.17 bits per heavy atom. The van der Waals surface area contributed by atoms with Gasteiger partial charge in [-0.15, -0.1) is 6.58 Å². The second-order valence-electron chi connectivity index (χ2n) is 0.875. The Morgan fingerprint density at radius 1 is 1.67 bits per heavy atom. The molecule has 2 nitrogen and oxygen atoms in total. The predicted molar refractivity (Wildman–Crippen MR) is 22.4 cm³/mol. The van der Waals surface area contributed by atoms with Gasteiger partial charge in [-0.2, -0.15) is 0 Å². The average Bonchev–Trinajstić information content (AvgIpc) is 1.65. The summed E-state index contributed by atoms with van der Waals surface area (Å²) in [6.45, 7) is 3.85. The lowest BCUT2D eigenvalue weighted by molar-refractivity contribution is 0.185. The standard InChI is InChI=1S/C4H7O2/c1-2-4(6)3-5/h2-6H,1H2. The van der Waals surface area contributed by atoms with Crippen molar-refractivity contribution in [3.8, 4) is 0 Å². The fourth-order valence-electron chi connectivity index (χ4n) is 0.0609. The highest BCUT2D eigenvalue weighted by atomic mass is 16.3. The molecule has 0 saturated carbocycles. The summed E-state index contributed by atoms with van der Waals surface area (Å²) in [6.07, 6.45) is 0.352. The first-order valence-electron chi connectivity index (χ1n) is 1.59.